The van der Waals surface area contributed by atoms with Crippen molar-refractivity contribution in [2.45, 2.75) is 4.21 Å². The van der Waals surface area contributed by atoms with Gasteiger partial charge in [0.25, 0.3) is 10.0 Å². The van der Waals surface area contributed by atoms with Crippen LogP contribution in [0.25, 0.3) is 0 Å². The van der Waals surface area contributed by atoms with Gasteiger partial charge in [-0.25, -0.2) is 8.42 Å². The lowest BCUT2D eigenvalue weighted by Gasteiger charge is -2.08. The van der Waals surface area contributed by atoms with E-state index in [1.54, 1.807) is 35.7 Å². The molecule has 0 aliphatic heterocycles. The number of thiophene rings is 1. The molecule has 104 valence electrons. The zero-order chi connectivity index (χ0) is 14.6. The molecule has 2 aromatic rings. The third kappa shape index (κ3) is 3.50. The Labute approximate surface area is 129 Å². The molecule has 1 N–H and O–H groups in total. The van der Waals surface area contributed by atoms with Gasteiger partial charge in [0.2, 0.25) is 0 Å². The Balaban J connectivity index is 2.14. The molecule has 1 aromatic carbocycles. The molecule has 0 amide bonds. The second-order valence-corrected chi connectivity index (χ2v) is 7.28. The van der Waals surface area contributed by atoms with Crippen LogP contribution in [-0.4, -0.2) is 15.0 Å². The van der Waals surface area contributed by atoms with Gasteiger partial charge in [-0.1, -0.05) is 0 Å². The van der Waals surface area contributed by atoms with Crippen LogP contribution in [-0.2, 0) is 10.0 Å². The number of sulfonamides is 1. The fourth-order valence-electron chi connectivity index (χ4n) is 1.41. The van der Waals surface area contributed by atoms with Crippen molar-refractivity contribution >= 4 is 43.0 Å². The molecule has 0 saturated heterocycles. The Morgan fingerprint density at radius 3 is 2.55 bits per heavy atom. The highest BCUT2D eigenvalue weighted by Crippen LogP contribution is 2.29. The van der Waals surface area contributed by atoms with Crippen molar-refractivity contribution in [1.82, 2.24) is 0 Å². The van der Waals surface area contributed by atoms with Gasteiger partial charge in [0.1, 0.15) is 11.8 Å². The second-order valence-electron chi connectivity index (χ2n) is 3.63. The van der Waals surface area contributed by atoms with E-state index in [-0.39, 0.29) is 10.8 Å². The largest absolute Gasteiger partial charge is 0.479 e. The monoisotopic (exact) mass is 372 g/mol. The number of nitrogens with zero attached hydrogens (tertiary/aromatic N) is 1. The summed E-state index contributed by atoms with van der Waals surface area (Å²) in [5.41, 5.74) is 0.426. The Morgan fingerprint density at radius 2 is 2.00 bits per heavy atom. The molecule has 2 rings (SSSR count). The molecule has 0 radical (unpaired) electrons. The summed E-state index contributed by atoms with van der Waals surface area (Å²) in [6, 6.07) is 9.88. The van der Waals surface area contributed by atoms with E-state index >= 15 is 0 Å². The van der Waals surface area contributed by atoms with Crippen molar-refractivity contribution in [3.05, 3.63) is 40.2 Å². The molecule has 0 fully saturated rings. The maximum absolute atomic E-state index is 12.1. The quantitative estimate of drug-likeness (QED) is 0.873. The standard InChI is InChI=1S/C12H9BrN2O3S2/c13-11-5-8-19-12(11)20(16,17)15-9-1-3-10(4-2-9)18-7-6-14/h1-5,8,15H,7H2. The average molecular weight is 373 g/mol. The van der Waals surface area contributed by atoms with Crippen LogP contribution in [0.5, 0.6) is 5.75 Å². The van der Waals surface area contributed by atoms with Gasteiger partial charge in [0.15, 0.2) is 10.8 Å². The van der Waals surface area contributed by atoms with E-state index < -0.39 is 10.0 Å². The van der Waals surface area contributed by atoms with Crippen LogP contribution in [0.15, 0.2) is 44.4 Å². The van der Waals surface area contributed by atoms with E-state index in [2.05, 4.69) is 20.7 Å². The third-order valence-corrected chi connectivity index (χ3v) is 6.29. The summed E-state index contributed by atoms with van der Waals surface area (Å²) in [7, 11) is -3.60. The van der Waals surface area contributed by atoms with Crippen LogP contribution < -0.4 is 9.46 Å². The summed E-state index contributed by atoms with van der Waals surface area (Å²) in [4.78, 5) is 0. The fourth-order valence-corrected chi connectivity index (χ4v) is 4.81. The summed E-state index contributed by atoms with van der Waals surface area (Å²) in [6.07, 6.45) is 0. The number of hydrogen-bond acceptors (Lipinski definition) is 5. The van der Waals surface area contributed by atoms with Crippen molar-refractivity contribution in [3.63, 3.8) is 0 Å². The van der Waals surface area contributed by atoms with Gasteiger partial charge in [-0.2, -0.15) is 5.26 Å². The molecule has 0 aliphatic carbocycles. The molecule has 1 heterocycles. The first-order chi connectivity index (χ1) is 9.53. The number of nitrogens with one attached hydrogen (secondary N) is 1. The smallest absolute Gasteiger partial charge is 0.272 e. The average Bonchev–Trinajstić information content (AvgIpc) is 2.85. The number of halogens is 1. The van der Waals surface area contributed by atoms with Crippen LogP contribution in [0.3, 0.4) is 0 Å². The summed E-state index contributed by atoms with van der Waals surface area (Å²) < 4.78 is 32.6. The fraction of sp³-hybridized carbons (Fsp3) is 0.0833. The molecular formula is C12H9BrN2O3S2. The minimum atomic E-state index is -3.60. The van der Waals surface area contributed by atoms with Gasteiger partial charge in [0.05, 0.1) is 0 Å². The minimum Gasteiger partial charge on any atom is -0.479 e. The first kappa shape index (κ1) is 14.8. The molecule has 1 aromatic heterocycles. The second kappa shape index (κ2) is 6.26. The third-order valence-electron chi connectivity index (χ3n) is 2.24. The zero-order valence-corrected chi connectivity index (χ0v) is 13.3. The summed E-state index contributed by atoms with van der Waals surface area (Å²) >= 11 is 4.33. The maximum atomic E-state index is 12.1. The van der Waals surface area contributed by atoms with Crippen molar-refractivity contribution in [2.24, 2.45) is 0 Å². The predicted octanol–water partition coefficient (Wildman–Crippen LogP) is 3.21. The van der Waals surface area contributed by atoms with Crippen LogP contribution in [0, 0.1) is 11.3 Å². The lowest BCUT2D eigenvalue weighted by Crippen LogP contribution is -2.11. The van der Waals surface area contributed by atoms with Gasteiger partial charge >= 0.3 is 0 Å². The molecule has 0 aliphatic rings. The number of anilines is 1. The van der Waals surface area contributed by atoms with Crippen molar-refractivity contribution in [3.8, 4) is 11.8 Å². The van der Waals surface area contributed by atoms with Gasteiger partial charge in [0, 0.05) is 10.2 Å². The highest BCUT2D eigenvalue weighted by atomic mass is 79.9. The maximum Gasteiger partial charge on any atom is 0.272 e. The van der Waals surface area contributed by atoms with Crippen LogP contribution in [0.1, 0.15) is 0 Å². The Bertz CT molecular complexity index is 733. The zero-order valence-electron chi connectivity index (χ0n) is 10.0. The Kier molecular flexibility index (Phi) is 4.65. The number of benzene rings is 1. The topological polar surface area (TPSA) is 79.2 Å². The van der Waals surface area contributed by atoms with Crippen molar-refractivity contribution in [2.75, 3.05) is 11.3 Å². The molecular weight excluding hydrogens is 364 g/mol. The number of nitriles is 1. The van der Waals surface area contributed by atoms with Gasteiger partial charge < -0.3 is 4.74 Å². The van der Waals surface area contributed by atoms with Crippen molar-refractivity contribution in [1.29, 1.82) is 5.26 Å². The normalized spacial score (nSPS) is 10.8. The van der Waals surface area contributed by atoms with Gasteiger partial charge in [-0.15, -0.1) is 11.3 Å². The number of rotatable bonds is 5. The van der Waals surface area contributed by atoms with Gasteiger partial charge in [-0.3, -0.25) is 4.72 Å². The van der Waals surface area contributed by atoms with E-state index in [1.165, 1.54) is 0 Å². The Morgan fingerprint density at radius 1 is 1.30 bits per heavy atom. The highest BCUT2D eigenvalue weighted by Gasteiger charge is 2.19. The van der Waals surface area contributed by atoms with E-state index in [0.717, 1.165) is 11.3 Å². The summed E-state index contributed by atoms with van der Waals surface area (Å²) in [5.74, 6) is 0.506. The van der Waals surface area contributed by atoms with E-state index in [4.69, 9.17) is 10.00 Å². The lowest BCUT2D eigenvalue weighted by atomic mass is 10.3. The highest BCUT2D eigenvalue weighted by molar-refractivity contribution is 9.10. The first-order valence-corrected chi connectivity index (χ1v) is 8.54. The first-order valence-electron chi connectivity index (χ1n) is 5.38. The number of hydrogen-bond donors (Lipinski definition) is 1. The molecule has 0 unspecified atom stereocenters. The minimum absolute atomic E-state index is 0.0484. The van der Waals surface area contributed by atoms with Crippen LogP contribution >= 0.6 is 27.3 Å². The molecule has 8 heteroatoms. The summed E-state index contributed by atoms with van der Waals surface area (Å²) in [5, 5.41) is 10.1. The van der Waals surface area contributed by atoms with Crippen LogP contribution in [0.2, 0.25) is 0 Å². The summed E-state index contributed by atoms with van der Waals surface area (Å²) in [6.45, 7) is -0.0484. The van der Waals surface area contributed by atoms with E-state index in [9.17, 15) is 8.42 Å². The lowest BCUT2D eigenvalue weighted by molar-refractivity contribution is 0.368. The molecule has 20 heavy (non-hydrogen) atoms. The van der Waals surface area contributed by atoms with Crippen molar-refractivity contribution < 1.29 is 13.2 Å². The molecule has 0 spiro atoms. The molecule has 5 nitrogen and oxygen atoms in total. The molecule has 0 bridgehead atoms. The van der Waals surface area contributed by atoms with Crippen LogP contribution in [0.4, 0.5) is 5.69 Å². The molecule has 0 saturated carbocycles. The van der Waals surface area contributed by atoms with Gasteiger partial charge in [-0.05, 0) is 51.6 Å². The van der Waals surface area contributed by atoms with E-state index in [0.29, 0.717) is 15.9 Å². The van der Waals surface area contributed by atoms with E-state index in [1.807, 2.05) is 6.07 Å². The Hall–Kier alpha value is -1.56. The number of ether oxygens (including phenoxy) is 1. The predicted molar refractivity (Wildman–Crippen MR) is 80.4 cm³/mol. The molecule has 0 atom stereocenters. The SMILES string of the molecule is N#CCOc1ccc(NS(=O)(=O)c2sccc2Br)cc1.